The van der Waals surface area contributed by atoms with Gasteiger partial charge in [0.2, 0.25) is 0 Å². The lowest BCUT2D eigenvalue weighted by atomic mass is 10.1. The molecule has 2 aromatic rings. The van der Waals surface area contributed by atoms with Crippen LogP contribution < -0.4 is 11.1 Å². The van der Waals surface area contributed by atoms with Gasteiger partial charge in [-0.3, -0.25) is 0 Å². The van der Waals surface area contributed by atoms with Gasteiger partial charge < -0.3 is 11.1 Å². The molecule has 0 atom stereocenters. The topological polar surface area (TPSA) is 87.6 Å². The molecule has 5 nitrogen and oxygen atoms in total. The molecule has 2 rings (SSSR count). The van der Waals surface area contributed by atoms with Crippen molar-refractivity contribution in [1.29, 1.82) is 5.26 Å². The molecule has 0 saturated heterocycles. The second-order valence-corrected chi connectivity index (χ2v) is 3.82. The zero-order valence-electron chi connectivity index (χ0n) is 9.80. The van der Waals surface area contributed by atoms with Crippen molar-refractivity contribution in [3.63, 3.8) is 0 Å². The van der Waals surface area contributed by atoms with Gasteiger partial charge in [-0.05, 0) is 35.9 Å². The van der Waals surface area contributed by atoms with Crippen LogP contribution in [0.15, 0.2) is 36.5 Å². The minimum atomic E-state index is 0.312. The number of nitrogen functional groups attached to an aromatic ring is 1. The Morgan fingerprint density at radius 3 is 2.94 bits per heavy atom. The first kappa shape index (κ1) is 11.9. The third-order valence-corrected chi connectivity index (χ3v) is 2.51. The molecule has 0 radical (unpaired) electrons. The number of nitrogens with zero attached hydrogens (tertiary/aromatic N) is 3. The fourth-order valence-electron chi connectivity index (χ4n) is 1.57. The molecule has 0 amide bonds. The maximum Gasteiger partial charge on any atom is 0.0821 e. The normalized spacial score (nSPS) is 9.72. The first-order valence-corrected chi connectivity index (χ1v) is 5.55. The van der Waals surface area contributed by atoms with E-state index in [0.717, 1.165) is 16.9 Å². The quantitative estimate of drug-likeness (QED) is 0.793. The summed E-state index contributed by atoms with van der Waals surface area (Å²) in [4.78, 5) is 0. The van der Waals surface area contributed by atoms with Crippen molar-refractivity contribution < 1.29 is 0 Å². The maximum atomic E-state index is 8.70. The van der Waals surface area contributed by atoms with Crippen molar-refractivity contribution in [3.8, 4) is 6.07 Å². The smallest absolute Gasteiger partial charge is 0.0821 e. The Bertz CT molecular complexity index is 559. The van der Waals surface area contributed by atoms with E-state index in [-0.39, 0.29) is 0 Å². The molecule has 0 bridgehead atoms. The molecule has 0 fully saturated rings. The van der Waals surface area contributed by atoms with Gasteiger partial charge in [0.05, 0.1) is 24.7 Å². The van der Waals surface area contributed by atoms with E-state index < -0.39 is 0 Å². The van der Waals surface area contributed by atoms with E-state index in [2.05, 4.69) is 21.6 Å². The van der Waals surface area contributed by atoms with Gasteiger partial charge in [0.1, 0.15) is 0 Å². The molecule has 0 aliphatic rings. The molecule has 0 saturated carbocycles. The van der Waals surface area contributed by atoms with Crippen LogP contribution in [0.1, 0.15) is 11.3 Å². The van der Waals surface area contributed by atoms with Gasteiger partial charge in [-0.15, -0.1) is 0 Å². The van der Waals surface area contributed by atoms with Crippen molar-refractivity contribution in [1.82, 2.24) is 10.2 Å². The highest BCUT2D eigenvalue weighted by Gasteiger charge is 2.01. The molecule has 1 aromatic heterocycles. The lowest BCUT2D eigenvalue weighted by molar-refractivity contribution is 0.925. The van der Waals surface area contributed by atoms with Crippen molar-refractivity contribution in [2.75, 3.05) is 11.1 Å². The van der Waals surface area contributed by atoms with E-state index in [0.29, 0.717) is 18.7 Å². The largest absolute Gasteiger partial charge is 0.398 e. The van der Waals surface area contributed by atoms with E-state index in [1.807, 2.05) is 24.3 Å². The summed E-state index contributed by atoms with van der Waals surface area (Å²) >= 11 is 0. The lowest BCUT2D eigenvalue weighted by Crippen LogP contribution is -2.03. The van der Waals surface area contributed by atoms with Crippen LogP contribution in [0.25, 0.3) is 0 Å². The van der Waals surface area contributed by atoms with Crippen molar-refractivity contribution in [2.45, 2.75) is 13.0 Å². The van der Waals surface area contributed by atoms with E-state index >= 15 is 0 Å². The highest BCUT2D eigenvalue weighted by Crippen LogP contribution is 2.18. The zero-order valence-corrected chi connectivity index (χ0v) is 9.80. The monoisotopic (exact) mass is 239 g/mol. The molecule has 1 aromatic carbocycles. The predicted molar refractivity (Wildman–Crippen MR) is 69.5 cm³/mol. The zero-order chi connectivity index (χ0) is 12.8. The van der Waals surface area contributed by atoms with Crippen molar-refractivity contribution >= 4 is 11.4 Å². The number of hydrogen-bond acceptors (Lipinski definition) is 5. The summed E-state index contributed by atoms with van der Waals surface area (Å²) < 4.78 is 0. The van der Waals surface area contributed by atoms with Crippen LogP contribution in [0, 0.1) is 11.3 Å². The fourth-order valence-corrected chi connectivity index (χ4v) is 1.57. The fraction of sp³-hybridized carbons (Fsp3) is 0.154. The van der Waals surface area contributed by atoms with Crippen molar-refractivity contribution in [3.05, 3.63) is 47.8 Å². The van der Waals surface area contributed by atoms with Crippen LogP contribution >= 0.6 is 0 Å². The molecule has 18 heavy (non-hydrogen) atoms. The Kier molecular flexibility index (Phi) is 3.72. The van der Waals surface area contributed by atoms with Crippen LogP contribution in [-0.4, -0.2) is 10.2 Å². The molecule has 3 N–H and O–H groups in total. The molecule has 0 aliphatic heterocycles. The van der Waals surface area contributed by atoms with Gasteiger partial charge in [0.25, 0.3) is 0 Å². The van der Waals surface area contributed by atoms with Gasteiger partial charge >= 0.3 is 0 Å². The second-order valence-electron chi connectivity index (χ2n) is 3.82. The summed E-state index contributed by atoms with van der Waals surface area (Å²) in [7, 11) is 0. The molecule has 90 valence electrons. The number of aromatic nitrogens is 2. The number of nitriles is 1. The lowest BCUT2D eigenvalue weighted by Gasteiger charge is -2.08. The Labute approximate surface area is 105 Å². The first-order chi connectivity index (χ1) is 8.79. The van der Waals surface area contributed by atoms with Crippen LogP contribution in [0.5, 0.6) is 0 Å². The summed E-state index contributed by atoms with van der Waals surface area (Å²) in [6.07, 6.45) is 1.95. The van der Waals surface area contributed by atoms with Gasteiger partial charge in [0, 0.05) is 17.6 Å². The van der Waals surface area contributed by atoms with Gasteiger partial charge in [-0.1, -0.05) is 0 Å². The highest BCUT2D eigenvalue weighted by atomic mass is 15.1. The van der Waals surface area contributed by atoms with Gasteiger partial charge in [-0.2, -0.15) is 15.5 Å². The summed E-state index contributed by atoms with van der Waals surface area (Å²) in [6.45, 7) is 0.587. The van der Waals surface area contributed by atoms with Gasteiger partial charge in [-0.25, -0.2) is 0 Å². The molecule has 0 unspecified atom stereocenters. The molecular formula is C13H13N5. The molecule has 5 heteroatoms. The number of hydrogen-bond donors (Lipinski definition) is 2. The Morgan fingerprint density at radius 2 is 2.22 bits per heavy atom. The first-order valence-electron chi connectivity index (χ1n) is 5.55. The predicted octanol–water partition coefficient (Wildman–Crippen LogP) is 1.74. The van der Waals surface area contributed by atoms with E-state index in [9.17, 15) is 0 Å². The number of nitrogens with two attached hydrogens (primary N) is 1. The summed E-state index contributed by atoms with van der Waals surface area (Å²) in [5, 5.41) is 19.7. The summed E-state index contributed by atoms with van der Waals surface area (Å²) in [5.41, 5.74) is 9.03. The Morgan fingerprint density at radius 1 is 1.33 bits per heavy atom. The number of nitrogens with one attached hydrogen (secondary N) is 1. The highest BCUT2D eigenvalue weighted by molar-refractivity contribution is 5.58. The Balaban J connectivity index is 2.06. The molecule has 1 heterocycles. The SMILES string of the molecule is N#CCc1cc(NCc2cccnn2)ccc1N. The molecule has 0 aliphatic carbocycles. The van der Waals surface area contributed by atoms with E-state index in [1.54, 1.807) is 12.3 Å². The minimum Gasteiger partial charge on any atom is -0.398 e. The second kappa shape index (κ2) is 5.64. The third-order valence-electron chi connectivity index (χ3n) is 2.51. The molecule has 0 spiro atoms. The van der Waals surface area contributed by atoms with E-state index in [4.69, 9.17) is 11.0 Å². The van der Waals surface area contributed by atoms with E-state index in [1.165, 1.54) is 0 Å². The number of rotatable bonds is 4. The summed E-state index contributed by atoms with van der Waals surface area (Å²) in [5.74, 6) is 0. The third kappa shape index (κ3) is 2.95. The van der Waals surface area contributed by atoms with Crippen LogP contribution in [0.2, 0.25) is 0 Å². The minimum absolute atomic E-state index is 0.312. The maximum absolute atomic E-state index is 8.70. The van der Waals surface area contributed by atoms with Crippen LogP contribution in [0.4, 0.5) is 11.4 Å². The average molecular weight is 239 g/mol. The standard InChI is InChI=1S/C13H13N5/c14-6-5-10-8-11(3-4-13(10)15)16-9-12-2-1-7-17-18-12/h1-4,7-8,16H,5,9,15H2. The van der Waals surface area contributed by atoms with Crippen LogP contribution in [-0.2, 0) is 13.0 Å². The Hall–Kier alpha value is -2.61. The number of benzene rings is 1. The van der Waals surface area contributed by atoms with Crippen molar-refractivity contribution in [2.24, 2.45) is 0 Å². The average Bonchev–Trinajstić information content (AvgIpc) is 2.41. The number of anilines is 2. The van der Waals surface area contributed by atoms with Crippen LogP contribution in [0.3, 0.4) is 0 Å². The molecular weight excluding hydrogens is 226 g/mol. The van der Waals surface area contributed by atoms with Gasteiger partial charge in [0.15, 0.2) is 0 Å². The summed E-state index contributed by atoms with van der Waals surface area (Å²) in [6, 6.07) is 11.4.